The van der Waals surface area contributed by atoms with E-state index in [-0.39, 0.29) is 56.8 Å². The normalized spacial score (nSPS) is 14.4. The molecule has 0 radical (unpaired) electrons. The SMILES string of the molecule is CC(C)C[C@@H](CC(N)=O)NC(=O)[C@H](CC(C)C)NC(=O)[C@H](Cc1cnc[nH]1)NC(=O)CNC(=O)[C@@H](NC(=O)[C@H](C)NC(=O)[C@H](Cc1c[nH]c2ccccc12)NC(=O)[C@H](CCC(N)=O)NC(=O)[C@H](N)Cc1ccccc1)C(C)C. The van der Waals surface area contributed by atoms with Gasteiger partial charge in [-0.2, -0.15) is 0 Å². The van der Waals surface area contributed by atoms with Gasteiger partial charge in [-0.3, -0.25) is 47.9 Å². The topological polar surface area (TPSA) is 389 Å². The van der Waals surface area contributed by atoms with E-state index in [1.807, 2.05) is 52.0 Å². The molecule has 2 aromatic heterocycles. The molecular formula is C54H78N14O10. The number of rotatable bonds is 32. The van der Waals surface area contributed by atoms with Crippen LogP contribution in [0.1, 0.15) is 97.4 Å². The van der Waals surface area contributed by atoms with Gasteiger partial charge in [0.2, 0.25) is 59.1 Å². The van der Waals surface area contributed by atoms with Crippen molar-refractivity contribution in [3.05, 3.63) is 90.1 Å². The van der Waals surface area contributed by atoms with Crippen LogP contribution in [0, 0.1) is 17.8 Å². The number of nitrogens with two attached hydrogens (primary N) is 3. The van der Waals surface area contributed by atoms with Crippen LogP contribution in [-0.2, 0) is 67.2 Å². The molecule has 424 valence electrons. The van der Waals surface area contributed by atoms with Gasteiger partial charge in [-0.15, -0.1) is 0 Å². The molecule has 78 heavy (non-hydrogen) atoms. The van der Waals surface area contributed by atoms with Gasteiger partial charge in [-0.25, -0.2) is 4.98 Å². The summed E-state index contributed by atoms with van der Waals surface area (Å²) in [6.07, 6.45) is 4.61. The number of amides is 10. The van der Waals surface area contributed by atoms with Crippen LogP contribution in [0.5, 0.6) is 0 Å². The zero-order valence-corrected chi connectivity index (χ0v) is 45.4. The molecule has 24 nitrogen and oxygen atoms in total. The second kappa shape index (κ2) is 30.6. The third kappa shape index (κ3) is 20.8. The molecule has 0 saturated heterocycles. The summed E-state index contributed by atoms with van der Waals surface area (Å²) in [6.45, 7) is 11.6. The summed E-state index contributed by atoms with van der Waals surface area (Å²) < 4.78 is 0. The molecule has 0 aliphatic rings. The number of hydrogen-bond acceptors (Lipinski definition) is 12. The number of imidazole rings is 1. The highest BCUT2D eigenvalue weighted by Crippen LogP contribution is 2.20. The lowest BCUT2D eigenvalue weighted by atomic mass is 9.98. The Morgan fingerprint density at radius 2 is 1.18 bits per heavy atom. The molecule has 24 heteroatoms. The summed E-state index contributed by atoms with van der Waals surface area (Å²) in [7, 11) is 0. The highest BCUT2D eigenvalue weighted by Gasteiger charge is 2.34. The molecule has 0 unspecified atom stereocenters. The van der Waals surface area contributed by atoms with Gasteiger partial charge in [0.15, 0.2) is 0 Å². The summed E-state index contributed by atoms with van der Waals surface area (Å²) >= 11 is 0. The highest BCUT2D eigenvalue weighted by atomic mass is 16.2. The largest absolute Gasteiger partial charge is 0.370 e. The zero-order valence-electron chi connectivity index (χ0n) is 45.4. The maximum absolute atomic E-state index is 14.2. The van der Waals surface area contributed by atoms with Gasteiger partial charge < -0.3 is 69.7 Å². The molecule has 0 fully saturated rings. The average molecular weight is 1080 g/mol. The van der Waals surface area contributed by atoms with Crippen LogP contribution in [0.2, 0.25) is 0 Å². The lowest BCUT2D eigenvalue weighted by Gasteiger charge is -2.27. The van der Waals surface area contributed by atoms with E-state index in [0.29, 0.717) is 17.7 Å². The van der Waals surface area contributed by atoms with Crippen molar-refractivity contribution >= 4 is 70.0 Å². The van der Waals surface area contributed by atoms with E-state index in [0.717, 1.165) is 16.5 Å². The van der Waals surface area contributed by atoms with Crippen molar-refractivity contribution in [3.8, 4) is 0 Å². The molecule has 0 aliphatic carbocycles. The minimum atomic E-state index is -1.35. The average Bonchev–Trinajstić information content (AvgIpc) is 4.05. The number of primary amides is 2. The third-order valence-electron chi connectivity index (χ3n) is 12.6. The second-order valence-corrected chi connectivity index (χ2v) is 20.8. The van der Waals surface area contributed by atoms with Crippen molar-refractivity contribution in [3.63, 3.8) is 0 Å². The van der Waals surface area contributed by atoms with E-state index in [9.17, 15) is 47.9 Å². The Hall–Kier alpha value is -8.15. The number of hydrogen-bond donors (Lipinski definition) is 13. The first-order chi connectivity index (χ1) is 36.9. The van der Waals surface area contributed by atoms with E-state index >= 15 is 0 Å². The van der Waals surface area contributed by atoms with Crippen LogP contribution in [0.15, 0.2) is 73.3 Å². The Bertz CT molecular complexity index is 2670. The number of nitrogens with zero attached hydrogens (tertiary/aromatic N) is 1. The van der Waals surface area contributed by atoms with E-state index < -0.39 is 120 Å². The number of H-pyrrole nitrogens is 2. The van der Waals surface area contributed by atoms with Crippen LogP contribution < -0.4 is 59.7 Å². The van der Waals surface area contributed by atoms with Gasteiger partial charge in [0.25, 0.3) is 0 Å². The molecule has 16 N–H and O–H groups in total. The van der Waals surface area contributed by atoms with Gasteiger partial charge in [0.05, 0.1) is 18.9 Å². The first-order valence-electron chi connectivity index (χ1n) is 26.2. The predicted molar refractivity (Wildman–Crippen MR) is 291 cm³/mol. The number of fused-ring (bicyclic) bond motifs is 1. The summed E-state index contributed by atoms with van der Waals surface area (Å²) in [5.41, 5.74) is 19.7. The van der Waals surface area contributed by atoms with Crippen molar-refractivity contribution in [2.24, 2.45) is 35.0 Å². The maximum Gasteiger partial charge on any atom is 0.243 e. The fraction of sp³-hybridized carbons (Fsp3) is 0.500. The van der Waals surface area contributed by atoms with Crippen LogP contribution in [0.4, 0.5) is 0 Å². The minimum Gasteiger partial charge on any atom is -0.370 e. The van der Waals surface area contributed by atoms with Crippen molar-refractivity contribution < 1.29 is 47.9 Å². The summed E-state index contributed by atoms with van der Waals surface area (Å²) in [5.74, 6) is -7.69. The van der Waals surface area contributed by atoms with Gasteiger partial charge in [-0.1, -0.05) is 90.1 Å². The van der Waals surface area contributed by atoms with Crippen LogP contribution >= 0.6 is 0 Å². The smallest absolute Gasteiger partial charge is 0.243 e. The Morgan fingerprint density at radius 3 is 1.81 bits per heavy atom. The molecule has 4 aromatic rings. The minimum absolute atomic E-state index is 0.0521. The number of aromatic nitrogens is 3. The highest BCUT2D eigenvalue weighted by molar-refractivity contribution is 5.98. The van der Waals surface area contributed by atoms with Gasteiger partial charge >= 0.3 is 0 Å². The maximum atomic E-state index is 14.2. The third-order valence-corrected chi connectivity index (χ3v) is 12.6. The van der Waals surface area contributed by atoms with Gasteiger partial charge in [-0.05, 0) is 67.6 Å². The molecule has 8 atom stereocenters. The first kappa shape index (κ1) is 62.4. The quantitative estimate of drug-likeness (QED) is 0.0299. The number of carbonyl (C=O) groups excluding carboxylic acids is 10. The predicted octanol–water partition coefficient (Wildman–Crippen LogP) is -0.335. The van der Waals surface area contributed by atoms with Crippen molar-refractivity contribution in [1.82, 2.24) is 57.5 Å². The first-order valence-corrected chi connectivity index (χ1v) is 26.2. The standard InChI is InChI=1S/C54H78N14O10/c1-29(2)19-35(24-45(57)70)63-52(76)41(20-30(3)4)66-53(77)43(23-36-26-58-28-61-36)64-46(71)27-60-54(78)47(31(5)6)68-48(72)32(7)62-51(75)42(22-34-25-59-39-16-12-11-15-37(34)39)67-50(74)40(17-18-44(56)69)65-49(73)38(55)21-33-13-9-8-10-14-33/h8-16,25-26,28-32,35,38,40-43,47,59H,17-24,27,55H2,1-7H3,(H2,56,69)(H2,57,70)(H,58,61)(H,60,78)(H,62,75)(H,63,76)(H,64,71)(H,65,73)(H,66,77)(H,67,74)(H,68,72)/t32-,35-,38+,40-,41-,42-,43-,47-/m0/s1. The molecule has 0 saturated carbocycles. The van der Waals surface area contributed by atoms with E-state index in [1.165, 1.54) is 19.4 Å². The Kier molecular flexibility index (Phi) is 24.4. The zero-order chi connectivity index (χ0) is 57.6. The molecule has 2 heterocycles. The monoisotopic (exact) mass is 1080 g/mol. The molecule has 0 bridgehead atoms. The summed E-state index contributed by atoms with van der Waals surface area (Å²) in [6, 6.07) is 7.08. The molecule has 10 amide bonds. The van der Waals surface area contributed by atoms with E-state index in [4.69, 9.17) is 17.2 Å². The van der Waals surface area contributed by atoms with Crippen molar-refractivity contribution in [1.29, 1.82) is 0 Å². The fourth-order valence-corrected chi connectivity index (χ4v) is 8.62. The Labute approximate surface area is 453 Å². The van der Waals surface area contributed by atoms with Gasteiger partial charge in [0.1, 0.15) is 36.3 Å². The summed E-state index contributed by atoms with van der Waals surface area (Å²) in [5, 5.41) is 22.0. The van der Waals surface area contributed by atoms with Crippen LogP contribution in [0.3, 0.4) is 0 Å². The molecular weight excluding hydrogens is 1000 g/mol. The molecule has 4 rings (SSSR count). The van der Waals surface area contributed by atoms with Crippen molar-refractivity contribution in [2.75, 3.05) is 6.54 Å². The number of benzene rings is 2. The summed E-state index contributed by atoms with van der Waals surface area (Å²) in [4.78, 5) is 144. The molecule has 2 aromatic carbocycles. The second-order valence-electron chi connectivity index (χ2n) is 20.8. The van der Waals surface area contributed by atoms with Crippen LogP contribution in [-0.4, -0.2) is 129 Å². The lowest BCUT2D eigenvalue weighted by molar-refractivity contribution is -0.135. The van der Waals surface area contributed by atoms with E-state index in [1.54, 1.807) is 50.4 Å². The van der Waals surface area contributed by atoms with Gasteiger partial charge in [0, 0.05) is 60.7 Å². The van der Waals surface area contributed by atoms with E-state index in [2.05, 4.69) is 57.5 Å². The number of para-hydroxylation sites is 1. The van der Waals surface area contributed by atoms with Crippen LogP contribution in [0.25, 0.3) is 10.9 Å². The number of aromatic amines is 2. The lowest BCUT2D eigenvalue weighted by Crippen LogP contribution is -2.59. The Morgan fingerprint density at radius 1 is 0.577 bits per heavy atom. The fourth-order valence-electron chi connectivity index (χ4n) is 8.62. The number of nitrogens with one attached hydrogen (secondary N) is 10. The molecule has 0 spiro atoms. The Balaban J connectivity index is 1.45. The molecule has 0 aliphatic heterocycles. The number of carbonyl (C=O) groups is 10. The van der Waals surface area contributed by atoms with Crippen molar-refractivity contribution in [2.45, 2.75) is 148 Å².